The molecular weight excluding hydrogens is 390 g/mol. The maximum atomic E-state index is 13.9. The molecule has 0 fully saturated rings. The van der Waals surface area contributed by atoms with Gasteiger partial charge < -0.3 is 18.7 Å². The number of thiazole rings is 1. The maximum Gasteiger partial charge on any atom is 1.00 e. The summed E-state index contributed by atoms with van der Waals surface area (Å²) in [5.41, 5.74) is -0.627. The monoisotopic (exact) mass is 395 g/mol. The van der Waals surface area contributed by atoms with E-state index in [4.69, 9.17) is 5.26 Å². The molecule has 0 unspecified atom stereocenters. The number of nitriles is 1. The van der Waals surface area contributed by atoms with Crippen molar-refractivity contribution in [3.8, 4) is 6.07 Å². The van der Waals surface area contributed by atoms with Gasteiger partial charge in [-0.1, -0.05) is 12.1 Å². The van der Waals surface area contributed by atoms with Gasteiger partial charge >= 0.3 is 59.1 Å². The predicted molar refractivity (Wildman–Crippen MR) is 75.2 cm³/mol. The van der Waals surface area contributed by atoms with Gasteiger partial charge in [-0.3, -0.25) is 4.79 Å². The van der Waals surface area contributed by atoms with E-state index >= 15 is 0 Å². The van der Waals surface area contributed by atoms with Crippen LogP contribution in [-0.2, 0) is 4.57 Å². The van der Waals surface area contributed by atoms with Crippen LogP contribution in [0.25, 0.3) is 10.9 Å². The van der Waals surface area contributed by atoms with Crippen molar-refractivity contribution < 1.29 is 82.7 Å². The van der Waals surface area contributed by atoms with E-state index < -0.39 is 24.9 Å². The number of carbonyl (C=O) groups is 1. The number of hydrogen-bond donors (Lipinski definition) is 0. The maximum absolute atomic E-state index is 13.9. The Kier molecular flexibility index (Phi) is 7.75. The van der Waals surface area contributed by atoms with Gasteiger partial charge in [-0.05, 0) is 6.07 Å². The summed E-state index contributed by atoms with van der Waals surface area (Å²) >= 11 is 0.895. The quantitative estimate of drug-likeness (QED) is 0.249. The van der Waals surface area contributed by atoms with Crippen molar-refractivity contribution in [3.05, 3.63) is 51.9 Å². The summed E-state index contributed by atoms with van der Waals surface area (Å²) in [6, 6.07) is 5.38. The minimum absolute atomic E-state index is 0. The fourth-order valence-corrected chi connectivity index (χ4v) is 3.54. The number of para-hydroxylation sites is 1. The zero-order valence-corrected chi connectivity index (χ0v) is 18.8. The summed E-state index contributed by atoms with van der Waals surface area (Å²) in [6.07, 6.45) is 0.782. The molecule has 3 rings (SSSR count). The number of rotatable bonds is 3. The van der Waals surface area contributed by atoms with E-state index in [9.17, 15) is 23.5 Å². The van der Waals surface area contributed by atoms with E-state index in [1.807, 2.05) is 0 Å². The Bertz CT molecular complexity index is 1040. The summed E-state index contributed by atoms with van der Waals surface area (Å²) in [7, 11) is -5.35. The molecule has 0 bridgehead atoms. The molecule has 0 aliphatic carbocycles. The average Bonchev–Trinajstić information content (AvgIpc) is 3.11. The summed E-state index contributed by atoms with van der Waals surface area (Å²) in [5, 5.41) is 10.0. The molecule has 0 saturated carbocycles. The molecule has 2 aromatic heterocycles. The first kappa shape index (κ1) is 22.7. The van der Waals surface area contributed by atoms with Gasteiger partial charge in [0, 0.05) is 24.7 Å². The fraction of sp³-hybridized carbons (Fsp3) is 0. The first-order chi connectivity index (χ1) is 10.8. The molecule has 0 N–H and O–H groups in total. The zero-order chi connectivity index (χ0) is 16.8. The minimum atomic E-state index is -5.35. The van der Waals surface area contributed by atoms with Crippen LogP contribution in [0, 0.1) is 17.1 Å². The van der Waals surface area contributed by atoms with Gasteiger partial charge in [0.25, 0.3) is 0 Å². The van der Waals surface area contributed by atoms with E-state index in [1.54, 1.807) is 6.07 Å². The van der Waals surface area contributed by atoms with Crippen molar-refractivity contribution in [1.82, 2.24) is 9.32 Å². The van der Waals surface area contributed by atoms with Crippen molar-refractivity contribution in [3.63, 3.8) is 0 Å². The van der Waals surface area contributed by atoms with Crippen molar-refractivity contribution in [1.29, 1.82) is 5.26 Å². The summed E-state index contributed by atoms with van der Waals surface area (Å²) in [6.45, 7) is 0. The van der Waals surface area contributed by atoms with Crippen molar-refractivity contribution in [2.24, 2.45) is 0 Å². The summed E-state index contributed by atoms with van der Waals surface area (Å²) < 4.78 is 25.5. The fourth-order valence-electron chi connectivity index (χ4n) is 2.14. The van der Waals surface area contributed by atoms with Crippen LogP contribution >= 0.6 is 19.1 Å². The van der Waals surface area contributed by atoms with Gasteiger partial charge in [0.1, 0.15) is 11.9 Å². The molecule has 116 valence electrons. The molecule has 0 aliphatic rings. The molecule has 1 aromatic carbocycles. The van der Waals surface area contributed by atoms with Gasteiger partial charge in [0.05, 0.1) is 11.1 Å². The molecule has 0 radical (unpaired) electrons. The third-order valence-electron chi connectivity index (χ3n) is 3.08. The number of nitrogens with zero attached hydrogens (tertiary/aromatic N) is 3. The van der Waals surface area contributed by atoms with Crippen molar-refractivity contribution in [2.75, 3.05) is 0 Å². The SMILES string of the molecule is N#Cc1csc(C(=O)c2cn(P(=O)([O-])[O-])c3c(F)cccc23)n1.[Na+].[Na+]. The summed E-state index contributed by atoms with van der Waals surface area (Å²) in [5.74, 6) is -1.63. The molecule has 25 heavy (non-hydrogen) atoms. The van der Waals surface area contributed by atoms with Gasteiger partial charge in [-0.15, -0.1) is 11.3 Å². The first-order valence-corrected chi connectivity index (χ1v) is 8.43. The Morgan fingerprint density at radius 2 is 2.04 bits per heavy atom. The molecule has 0 atom stereocenters. The molecule has 0 amide bonds. The second-order valence-corrected chi connectivity index (χ2v) is 6.70. The number of halogens is 1. The van der Waals surface area contributed by atoms with Crippen molar-refractivity contribution >= 4 is 35.8 Å². The van der Waals surface area contributed by atoms with Crippen LogP contribution in [0.5, 0.6) is 0 Å². The van der Waals surface area contributed by atoms with E-state index in [2.05, 4.69) is 4.98 Å². The van der Waals surface area contributed by atoms with Crippen LogP contribution < -0.4 is 68.9 Å². The second kappa shape index (κ2) is 8.55. The predicted octanol–water partition coefficient (Wildman–Crippen LogP) is -4.98. The second-order valence-electron chi connectivity index (χ2n) is 4.47. The zero-order valence-electron chi connectivity index (χ0n) is 13.1. The Balaban J connectivity index is 0.00000156. The number of ketones is 1. The Morgan fingerprint density at radius 3 is 2.60 bits per heavy atom. The molecule has 2 heterocycles. The van der Waals surface area contributed by atoms with Gasteiger partial charge in [-0.25, -0.2) is 9.37 Å². The normalized spacial score (nSPS) is 10.6. The Labute approximate surface area is 189 Å². The van der Waals surface area contributed by atoms with E-state index in [0.717, 1.165) is 23.6 Å². The molecular formula is C13H5FN3Na2O4PS. The van der Waals surface area contributed by atoms with Gasteiger partial charge in [0.15, 0.2) is 10.7 Å². The largest absolute Gasteiger partial charge is 1.00 e. The molecule has 12 heteroatoms. The Hall–Kier alpha value is -0.370. The molecule has 0 aliphatic heterocycles. The number of benzene rings is 1. The van der Waals surface area contributed by atoms with E-state index in [-0.39, 0.29) is 85.1 Å². The van der Waals surface area contributed by atoms with Crippen LogP contribution in [0.2, 0.25) is 0 Å². The van der Waals surface area contributed by atoms with Gasteiger partial charge in [-0.2, -0.15) is 5.26 Å². The van der Waals surface area contributed by atoms with Crippen molar-refractivity contribution in [2.45, 2.75) is 0 Å². The van der Waals surface area contributed by atoms with Crippen LogP contribution in [0.15, 0.2) is 29.8 Å². The molecule has 0 saturated heterocycles. The third-order valence-corrected chi connectivity index (χ3v) is 4.76. The smallest absolute Gasteiger partial charge is 0.795 e. The van der Waals surface area contributed by atoms with Gasteiger partial charge in [0.2, 0.25) is 5.78 Å². The standard InChI is InChI=1S/C13H7FN3O4PS.2Na/c14-10-3-1-2-8-9(5-17(11(8)10)22(19,20)21)12(18)13-16-7(4-15)6-23-13;;/h1-3,5-6H,(H2,19,20,21);;/q;2*+1/p-2. The van der Waals surface area contributed by atoms with E-state index in [1.165, 1.54) is 17.5 Å². The van der Waals surface area contributed by atoms with Crippen LogP contribution in [0.4, 0.5) is 4.39 Å². The molecule has 0 spiro atoms. The van der Waals surface area contributed by atoms with E-state index in [0.29, 0.717) is 0 Å². The molecule has 3 aromatic rings. The Morgan fingerprint density at radius 1 is 1.36 bits per heavy atom. The van der Waals surface area contributed by atoms with Crippen LogP contribution in [-0.4, -0.2) is 15.1 Å². The summed E-state index contributed by atoms with van der Waals surface area (Å²) in [4.78, 5) is 38.9. The number of aromatic nitrogens is 2. The number of hydrogen-bond acceptors (Lipinski definition) is 7. The first-order valence-electron chi connectivity index (χ1n) is 6.05. The van der Waals surface area contributed by atoms with Crippen LogP contribution in [0.1, 0.15) is 21.1 Å². The number of carbonyl (C=O) groups excluding carboxylic acids is 1. The average molecular weight is 395 g/mol. The minimum Gasteiger partial charge on any atom is -0.795 e. The van der Waals surface area contributed by atoms with Crippen LogP contribution in [0.3, 0.4) is 0 Å². The number of fused-ring (bicyclic) bond motifs is 1. The molecule has 7 nitrogen and oxygen atoms in total. The third kappa shape index (κ3) is 4.31. The topological polar surface area (TPSA) is 122 Å².